The number of sulfonamides is 1. The summed E-state index contributed by atoms with van der Waals surface area (Å²) in [7, 11) is -4.08. The molecule has 0 radical (unpaired) electrons. The fourth-order valence-corrected chi connectivity index (χ4v) is 2.72. The van der Waals surface area contributed by atoms with Crippen LogP contribution in [0.25, 0.3) is 0 Å². The highest BCUT2D eigenvalue weighted by atomic mass is 32.2. The van der Waals surface area contributed by atoms with E-state index in [0.29, 0.717) is 5.56 Å². The molecule has 0 heterocycles. The lowest BCUT2D eigenvalue weighted by Crippen LogP contribution is -2.30. The number of amides is 1. The molecule has 8 heteroatoms. The summed E-state index contributed by atoms with van der Waals surface area (Å²) in [4.78, 5) is 28.0. The van der Waals surface area contributed by atoms with E-state index in [-0.39, 0.29) is 10.6 Å². The van der Waals surface area contributed by atoms with Crippen LogP contribution in [-0.4, -0.2) is 26.0 Å². The third-order valence-electron chi connectivity index (χ3n) is 3.18. The number of benzene rings is 2. The number of nitrogens with one attached hydrogen (secondary N) is 1. The highest BCUT2D eigenvalue weighted by molar-refractivity contribution is 7.90. The van der Waals surface area contributed by atoms with Gasteiger partial charge in [-0.3, -0.25) is 9.63 Å². The zero-order valence-corrected chi connectivity index (χ0v) is 14.4. The molecule has 2 rings (SSSR count). The van der Waals surface area contributed by atoms with Crippen molar-refractivity contribution in [3.05, 3.63) is 65.7 Å². The van der Waals surface area contributed by atoms with Gasteiger partial charge in [-0.2, -0.15) is 0 Å². The van der Waals surface area contributed by atoms with Crippen LogP contribution in [0.1, 0.15) is 22.8 Å². The van der Waals surface area contributed by atoms with E-state index in [9.17, 15) is 18.0 Å². The van der Waals surface area contributed by atoms with E-state index >= 15 is 0 Å². The van der Waals surface area contributed by atoms with E-state index in [1.807, 2.05) is 0 Å². The fraction of sp³-hybridized carbons (Fsp3) is 0.118. The number of carbonyl (C=O) groups is 2. The highest BCUT2D eigenvalue weighted by Crippen LogP contribution is 2.10. The van der Waals surface area contributed by atoms with Crippen LogP contribution in [-0.2, 0) is 14.9 Å². The van der Waals surface area contributed by atoms with Crippen molar-refractivity contribution < 1.29 is 22.8 Å². The average Bonchev–Trinajstić information content (AvgIpc) is 2.59. The van der Waals surface area contributed by atoms with E-state index in [4.69, 9.17) is 0 Å². The van der Waals surface area contributed by atoms with Gasteiger partial charge in [0.25, 0.3) is 10.0 Å². The van der Waals surface area contributed by atoms with E-state index in [0.717, 1.165) is 5.56 Å². The van der Waals surface area contributed by atoms with Crippen molar-refractivity contribution in [1.82, 2.24) is 4.72 Å². The Bertz CT molecular complexity index is 904. The first kappa shape index (κ1) is 18.3. The van der Waals surface area contributed by atoms with Gasteiger partial charge in [0.15, 0.2) is 0 Å². The minimum atomic E-state index is -4.08. The Morgan fingerprint density at radius 1 is 1.00 bits per heavy atom. The van der Waals surface area contributed by atoms with E-state index in [1.165, 1.54) is 19.1 Å². The standard InChI is InChI=1S/C17H16N2O5S/c1-12-8-10-15(11-9-12)25(22,23)19-17(21)24-18-13(2)16(20)14-6-4-3-5-7-14/h3-11H,1-2H3,(H,19,21)/b18-13+. The number of oxime groups is 1. The molecule has 0 unspecified atom stereocenters. The smallest absolute Gasteiger partial charge is 0.297 e. The molecule has 1 amide bonds. The molecule has 7 nitrogen and oxygen atoms in total. The summed E-state index contributed by atoms with van der Waals surface area (Å²) in [5, 5.41) is 3.38. The van der Waals surface area contributed by atoms with Gasteiger partial charge in [-0.25, -0.2) is 17.9 Å². The van der Waals surface area contributed by atoms with Crippen LogP contribution < -0.4 is 4.72 Å². The maximum atomic E-state index is 12.0. The van der Waals surface area contributed by atoms with Crippen LogP contribution in [0.3, 0.4) is 0 Å². The summed E-state index contributed by atoms with van der Waals surface area (Å²) < 4.78 is 25.8. The number of rotatable bonds is 5. The summed E-state index contributed by atoms with van der Waals surface area (Å²) in [6.45, 7) is 3.16. The monoisotopic (exact) mass is 360 g/mol. The van der Waals surface area contributed by atoms with Crippen molar-refractivity contribution in [3.8, 4) is 0 Å². The number of hydrogen-bond acceptors (Lipinski definition) is 6. The van der Waals surface area contributed by atoms with Gasteiger partial charge in [-0.1, -0.05) is 53.2 Å². The fourth-order valence-electron chi connectivity index (χ4n) is 1.85. The van der Waals surface area contributed by atoms with Gasteiger partial charge in [0, 0.05) is 5.56 Å². The molecule has 0 bridgehead atoms. The maximum absolute atomic E-state index is 12.0. The van der Waals surface area contributed by atoms with Crippen molar-refractivity contribution in [2.24, 2.45) is 5.16 Å². The molecular weight excluding hydrogens is 344 g/mol. The SMILES string of the molecule is C/C(=N\OC(=O)NS(=O)(=O)c1ccc(C)cc1)C(=O)c1ccccc1. The highest BCUT2D eigenvalue weighted by Gasteiger charge is 2.19. The first-order chi connectivity index (χ1) is 11.8. The lowest BCUT2D eigenvalue weighted by Gasteiger charge is -2.05. The Morgan fingerprint density at radius 2 is 1.60 bits per heavy atom. The summed E-state index contributed by atoms with van der Waals surface area (Å²) in [5.74, 6) is -0.435. The van der Waals surface area contributed by atoms with E-state index in [1.54, 1.807) is 54.1 Å². The second kappa shape index (κ2) is 7.71. The van der Waals surface area contributed by atoms with Crippen molar-refractivity contribution in [2.45, 2.75) is 18.7 Å². The van der Waals surface area contributed by atoms with E-state index in [2.05, 4.69) is 9.99 Å². The number of carbonyl (C=O) groups excluding carboxylic acids is 2. The lowest BCUT2D eigenvalue weighted by atomic mass is 10.1. The Labute approximate surface area is 145 Å². The van der Waals surface area contributed by atoms with Crippen molar-refractivity contribution in [3.63, 3.8) is 0 Å². The van der Waals surface area contributed by atoms with Gasteiger partial charge in [-0.05, 0) is 26.0 Å². The molecule has 0 saturated heterocycles. The van der Waals surface area contributed by atoms with Crippen LogP contribution in [0.4, 0.5) is 4.79 Å². The van der Waals surface area contributed by atoms with Gasteiger partial charge >= 0.3 is 6.09 Å². The van der Waals surface area contributed by atoms with Gasteiger partial charge in [0.2, 0.25) is 5.78 Å². The molecule has 0 fully saturated rings. The molecule has 2 aromatic carbocycles. The molecule has 1 N–H and O–H groups in total. The normalized spacial score (nSPS) is 11.7. The summed E-state index contributed by atoms with van der Waals surface area (Å²) >= 11 is 0. The zero-order valence-electron chi connectivity index (χ0n) is 13.6. The summed E-state index contributed by atoms with van der Waals surface area (Å²) in [5.41, 5.74) is 1.16. The van der Waals surface area contributed by atoms with E-state index < -0.39 is 21.9 Å². The number of ketones is 1. The molecule has 130 valence electrons. The molecule has 0 aliphatic rings. The second-order valence-corrected chi connectivity index (χ2v) is 6.85. The number of Topliss-reactive ketones (excluding diaryl/α,β-unsaturated/α-hetero) is 1. The second-order valence-electron chi connectivity index (χ2n) is 5.17. The largest absolute Gasteiger partial charge is 0.447 e. The number of hydrogen-bond donors (Lipinski definition) is 1. The Balaban J connectivity index is 2.02. The Hall–Kier alpha value is -3.00. The zero-order chi connectivity index (χ0) is 18.4. The third-order valence-corrected chi connectivity index (χ3v) is 4.51. The Kier molecular flexibility index (Phi) is 5.66. The van der Waals surface area contributed by atoms with Crippen LogP contribution in [0, 0.1) is 6.92 Å². The molecule has 0 aliphatic heterocycles. The van der Waals surface area contributed by atoms with Gasteiger partial charge < -0.3 is 0 Å². The van der Waals surface area contributed by atoms with Crippen LogP contribution >= 0.6 is 0 Å². The third kappa shape index (κ3) is 4.98. The average molecular weight is 360 g/mol. The molecule has 0 aliphatic carbocycles. The van der Waals surface area contributed by atoms with Gasteiger partial charge in [-0.15, -0.1) is 0 Å². The number of aryl methyl sites for hydroxylation is 1. The van der Waals surface area contributed by atoms with Crippen LogP contribution in [0.15, 0.2) is 64.6 Å². The predicted molar refractivity (Wildman–Crippen MR) is 91.9 cm³/mol. The van der Waals surface area contributed by atoms with Crippen LogP contribution in [0.2, 0.25) is 0 Å². The molecular formula is C17H16N2O5S. The van der Waals surface area contributed by atoms with Crippen LogP contribution in [0.5, 0.6) is 0 Å². The van der Waals surface area contributed by atoms with Crippen molar-refractivity contribution in [1.29, 1.82) is 0 Å². The minimum absolute atomic E-state index is 0.0869. The molecule has 0 aromatic heterocycles. The molecule has 0 atom stereocenters. The molecule has 0 spiro atoms. The quantitative estimate of drug-likeness (QED) is 0.382. The maximum Gasteiger partial charge on any atom is 0.447 e. The molecule has 2 aromatic rings. The molecule has 0 saturated carbocycles. The summed E-state index contributed by atoms with van der Waals surface area (Å²) in [6.07, 6.45) is -1.30. The Morgan fingerprint density at radius 3 is 2.20 bits per heavy atom. The topological polar surface area (TPSA) is 102 Å². The molecule has 25 heavy (non-hydrogen) atoms. The minimum Gasteiger partial charge on any atom is -0.297 e. The predicted octanol–water partition coefficient (Wildman–Crippen LogP) is 2.67. The lowest BCUT2D eigenvalue weighted by molar-refractivity contribution is 0.105. The number of nitrogens with zero attached hydrogens (tertiary/aromatic N) is 1. The summed E-state index contributed by atoms with van der Waals surface area (Å²) in [6, 6.07) is 14.2. The first-order valence-electron chi connectivity index (χ1n) is 7.24. The van der Waals surface area contributed by atoms with Crippen molar-refractivity contribution in [2.75, 3.05) is 0 Å². The van der Waals surface area contributed by atoms with Crippen molar-refractivity contribution >= 4 is 27.6 Å². The van der Waals surface area contributed by atoms with Gasteiger partial charge in [0.05, 0.1) is 4.90 Å². The first-order valence-corrected chi connectivity index (χ1v) is 8.73. The van der Waals surface area contributed by atoms with Gasteiger partial charge in [0.1, 0.15) is 5.71 Å².